The van der Waals surface area contributed by atoms with E-state index in [0.717, 1.165) is 10.0 Å². The number of benzene rings is 1. The number of nitrogens with zero attached hydrogens (tertiary/aromatic N) is 3. The number of halogens is 1. The molecule has 0 saturated carbocycles. The number of ether oxygens (including phenoxy) is 1. The van der Waals surface area contributed by atoms with Crippen molar-refractivity contribution < 1.29 is 4.74 Å². The van der Waals surface area contributed by atoms with E-state index in [1.165, 1.54) is 0 Å². The van der Waals surface area contributed by atoms with Crippen LogP contribution in [0.5, 0.6) is 5.88 Å². The third kappa shape index (κ3) is 2.48. The molecule has 2 aromatic rings. The largest absolute Gasteiger partial charge is 0.472 e. The van der Waals surface area contributed by atoms with Crippen LogP contribution in [0, 0.1) is 11.3 Å². The fourth-order valence-electron chi connectivity index (χ4n) is 1.46. The van der Waals surface area contributed by atoms with Gasteiger partial charge in [-0.25, -0.2) is 4.68 Å². The van der Waals surface area contributed by atoms with Gasteiger partial charge in [-0.3, -0.25) is 0 Å². The zero-order valence-electron chi connectivity index (χ0n) is 9.22. The lowest BCUT2D eigenvalue weighted by Crippen LogP contribution is -2.02. The minimum atomic E-state index is 0.349. The fraction of sp³-hybridized carbons (Fsp3) is 0.167. The average molecular weight is 292 g/mol. The molecule has 17 heavy (non-hydrogen) atoms. The number of nitriles is 1. The van der Waals surface area contributed by atoms with Crippen LogP contribution in [0.15, 0.2) is 34.9 Å². The molecule has 0 aliphatic rings. The zero-order chi connectivity index (χ0) is 12.3. The van der Waals surface area contributed by atoms with Gasteiger partial charge >= 0.3 is 0 Å². The van der Waals surface area contributed by atoms with Crippen molar-refractivity contribution >= 4 is 15.9 Å². The molecule has 1 aromatic heterocycles. The van der Waals surface area contributed by atoms with E-state index in [1.54, 1.807) is 24.0 Å². The number of aryl methyl sites for hydroxylation is 1. The molecule has 0 saturated heterocycles. The Balaban J connectivity index is 2.16. The topological polar surface area (TPSA) is 50.8 Å². The fourth-order valence-corrected chi connectivity index (χ4v) is 1.93. The molecule has 0 aliphatic heterocycles. The standard InChI is InChI=1S/C12H10BrN3O/c1-16-12(11(13)7-15-16)17-8-10-5-3-2-4-9(10)6-14/h2-5,7H,8H2,1H3. The minimum Gasteiger partial charge on any atom is -0.472 e. The SMILES string of the molecule is Cn1ncc(Br)c1OCc1ccccc1C#N. The van der Waals surface area contributed by atoms with E-state index in [4.69, 9.17) is 10.00 Å². The highest BCUT2D eigenvalue weighted by atomic mass is 79.9. The maximum absolute atomic E-state index is 8.95. The first kappa shape index (κ1) is 11.7. The summed E-state index contributed by atoms with van der Waals surface area (Å²) < 4.78 is 8.08. The molecule has 5 heteroatoms. The molecule has 1 aromatic carbocycles. The summed E-state index contributed by atoms with van der Waals surface area (Å²) in [7, 11) is 1.80. The molecule has 0 N–H and O–H groups in total. The average Bonchev–Trinajstić information content (AvgIpc) is 2.67. The normalized spacial score (nSPS) is 9.94. The van der Waals surface area contributed by atoms with Crippen LogP contribution in [0.1, 0.15) is 11.1 Å². The summed E-state index contributed by atoms with van der Waals surface area (Å²) in [6.07, 6.45) is 1.67. The van der Waals surface area contributed by atoms with E-state index in [2.05, 4.69) is 27.1 Å². The Bertz CT molecular complexity index is 552. The maximum Gasteiger partial charge on any atom is 0.226 e. The number of hydrogen-bond donors (Lipinski definition) is 0. The third-order valence-corrected chi connectivity index (χ3v) is 2.89. The van der Waals surface area contributed by atoms with Crippen LogP contribution in [-0.4, -0.2) is 9.78 Å². The van der Waals surface area contributed by atoms with Gasteiger partial charge in [-0.1, -0.05) is 18.2 Å². The summed E-state index contributed by atoms with van der Waals surface area (Å²) in [5.74, 6) is 0.651. The Kier molecular flexibility index (Phi) is 3.45. The predicted molar refractivity (Wildman–Crippen MR) is 66.4 cm³/mol. The maximum atomic E-state index is 8.95. The smallest absolute Gasteiger partial charge is 0.226 e. The van der Waals surface area contributed by atoms with E-state index < -0.39 is 0 Å². The molecule has 1 heterocycles. The van der Waals surface area contributed by atoms with E-state index in [0.29, 0.717) is 18.1 Å². The van der Waals surface area contributed by atoms with Crippen LogP contribution in [0.25, 0.3) is 0 Å². The van der Waals surface area contributed by atoms with Gasteiger partial charge in [0, 0.05) is 12.6 Å². The lowest BCUT2D eigenvalue weighted by Gasteiger charge is -2.07. The van der Waals surface area contributed by atoms with Gasteiger partial charge in [0.15, 0.2) is 0 Å². The summed E-state index contributed by atoms with van der Waals surface area (Å²) >= 11 is 3.35. The summed E-state index contributed by atoms with van der Waals surface area (Å²) in [5, 5.41) is 13.0. The molecule has 0 unspecified atom stereocenters. The Hall–Kier alpha value is -1.80. The lowest BCUT2D eigenvalue weighted by molar-refractivity contribution is 0.276. The summed E-state index contributed by atoms with van der Waals surface area (Å²) in [6, 6.07) is 9.52. The van der Waals surface area contributed by atoms with Gasteiger partial charge in [0.25, 0.3) is 0 Å². The molecule has 0 atom stereocenters. The summed E-state index contributed by atoms with van der Waals surface area (Å²) in [6.45, 7) is 0.349. The Morgan fingerprint density at radius 2 is 2.24 bits per heavy atom. The van der Waals surface area contributed by atoms with Crippen molar-refractivity contribution in [1.82, 2.24) is 9.78 Å². The molecule has 2 rings (SSSR count). The first-order chi connectivity index (χ1) is 8.22. The van der Waals surface area contributed by atoms with Gasteiger partial charge < -0.3 is 4.74 Å². The molecule has 0 aliphatic carbocycles. The van der Waals surface area contributed by atoms with Crippen molar-refractivity contribution in [2.45, 2.75) is 6.61 Å². The Labute approximate surface area is 108 Å². The third-order valence-electron chi connectivity index (χ3n) is 2.34. The van der Waals surface area contributed by atoms with Crippen molar-refractivity contribution in [1.29, 1.82) is 5.26 Å². The van der Waals surface area contributed by atoms with Crippen LogP contribution in [0.2, 0.25) is 0 Å². The van der Waals surface area contributed by atoms with Crippen LogP contribution < -0.4 is 4.74 Å². The van der Waals surface area contributed by atoms with Crippen molar-refractivity contribution in [3.63, 3.8) is 0 Å². The van der Waals surface area contributed by atoms with E-state index in [1.807, 2.05) is 18.2 Å². The Morgan fingerprint density at radius 1 is 1.47 bits per heavy atom. The molecule has 86 valence electrons. The van der Waals surface area contributed by atoms with Crippen LogP contribution in [-0.2, 0) is 13.7 Å². The zero-order valence-corrected chi connectivity index (χ0v) is 10.8. The Morgan fingerprint density at radius 3 is 2.88 bits per heavy atom. The van der Waals surface area contributed by atoms with Crippen LogP contribution >= 0.6 is 15.9 Å². The first-order valence-corrected chi connectivity index (χ1v) is 5.80. The van der Waals surface area contributed by atoms with Gasteiger partial charge in [-0.05, 0) is 22.0 Å². The van der Waals surface area contributed by atoms with Crippen molar-refractivity contribution in [2.75, 3.05) is 0 Å². The highest BCUT2D eigenvalue weighted by Crippen LogP contribution is 2.24. The van der Waals surface area contributed by atoms with Gasteiger partial charge in [0.2, 0.25) is 5.88 Å². The second-order valence-electron chi connectivity index (χ2n) is 3.48. The molecule has 4 nitrogen and oxygen atoms in total. The van der Waals surface area contributed by atoms with E-state index >= 15 is 0 Å². The van der Waals surface area contributed by atoms with Crippen molar-refractivity contribution in [2.24, 2.45) is 7.05 Å². The molecule has 0 radical (unpaired) electrons. The predicted octanol–water partition coefficient (Wildman–Crippen LogP) is 2.63. The van der Waals surface area contributed by atoms with Crippen molar-refractivity contribution in [3.05, 3.63) is 46.1 Å². The molecule has 0 bridgehead atoms. The molecular formula is C12H10BrN3O. The van der Waals surface area contributed by atoms with Crippen LogP contribution in [0.4, 0.5) is 0 Å². The summed E-state index contributed by atoms with van der Waals surface area (Å²) in [5.41, 5.74) is 1.49. The highest BCUT2D eigenvalue weighted by molar-refractivity contribution is 9.10. The molecule has 0 fully saturated rings. The highest BCUT2D eigenvalue weighted by Gasteiger charge is 2.08. The van der Waals surface area contributed by atoms with Crippen molar-refractivity contribution in [3.8, 4) is 11.9 Å². The minimum absolute atomic E-state index is 0.349. The molecular weight excluding hydrogens is 282 g/mol. The van der Waals surface area contributed by atoms with Gasteiger partial charge in [0.05, 0.1) is 22.3 Å². The van der Waals surface area contributed by atoms with Crippen LogP contribution in [0.3, 0.4) is 0 Å². The number of hydrogen-bond acceptors (Lipinski definition) is 3. The first-order valence-electron chi connectivity index (χ1n) is 5.00. The van der Waals surface area contributed by atoms with E-state index in [9.17, 15) is 0 Å². The van der Waals surface area contributed by atoms with Gasteiger partial charge in [-0.15, -0.1) is 0 Å². The second kappa shape index (κ2) is 5.02. The quantitative estimate of drug-likeness (QED) is 0.873. The monoisotopic (exact) mass is 291 g/mol. The molecule has 0 amide bonds. The molecule has 0 spiro atoms. The van der Waals surface area contributed by atoms with Gasteiger partial charge in [-0.2, -0.15) is 10.4 Å². The summed E-state index contributed by atoms with van der Waals surface area (Å²) in [4.78, 5) is 0. The van der Waals surface area contributed by atoms with Gasteiger partial charge in [0.1, 0.15) is 6.61 Å². The number of rotatable bonds is 3. The second-order valence-corrected chi connectivity index (χ2v) is 4.33. The lowest BCUT2D eigenvalue weighted by atomic mass is 10.1. The number of aromatic nitrogens is 2. The van der Waals surface area contributed by atoms with E-state index in [-0.39, 0.29) is 0 Å².